The number of aromatic hydroxyl groups is 1. The average molecular weight is 292 g/mol. The summed E-state index contributed by atoms with van der Waals surface area (Å²) in [5.41, 5.74) is 2.35. The van der Waals surface area contributed by atoms with Gasteiger partial charge in [-0.05, 0) is 48.6 Å². The van der Waals surface area contributed by atoms with Gasteiger partial charge in [-0.2, -0.15) is 5.10 Å². The number of aliphatic hydroxyl groups is 1. The third kappa shape index (κ3) is 3.82. The van der Waals surface area contributed by atoms with Crippen LogP contribution in [-0.4, -0.2) is 27.4 Å². The van der Waals surface area contributed by atoms with Crippen LogP contribution in [0.25, 0.3) is 0 Å². The Morgan fingerprint density at radius 2 is 1.62 bits per heavy atom. The number of hydrogen-bond acceptors (Lipinski definition) is 4. The van der Waals surface area contributed by atoms with Gasteiger partial charge in [0, 0.05) is 0 Å². The fourth-order valence-corrected chi connectivity index (χ4v) is 2.18. The fraction of sp³-hybridized carbons (Fsp3) is 0.500. The Balaban J connectivity index is 2.88. The Bertz CT molecular complexity index is 511. The Labute approximate surface area is 125 Å². The van der Waals surface area contributed by atoms with E-state index in [1.54, 1.807) is 58.9 Å². The number of phenols is 1. The quantitative estimate of drug-likeness (QED) is 0.575. The van der Waals surface area contributed by atoms with Gasteiger partial charge in [-0.15, -0.1) is 0 Å². The molecule has 116 valence electrons. The fourth-order valence-electron chi connectivity index (χ4n) is 2.18. The van der Waals surface area contributed by atoms with Crippen molar-refractivity contribution < 1.29 is 15.0 Å². The van der Waals surface area contributed by atoms with E-state index in [0.29, 0.717) is 5.71 Å². The van der Waals surface area contributed by atoms with Gasteiger partial charge in [0.25, 0.3) is 5.91 Å². The summed E-state index contributed by atoms with van der Waals surface area (Å²) in [5.74, 6) is -0.779. The van der Waals surface area contributed by atoms with Crippen molar-refractivity contribution in [2.45, 2.75) is 40.2 Å². The second-order valence-corrected chi connectivity index (χ2v) is 5.82. The maximum absolute atomic E-state index is 12.2. The minimum Gasteiger partial charge on any atom is -0.508 e. The van der Waals surface area contributed by atoms with Crippen molar-refractivity contribution in [2.75, 3.05) is 0 Å². The highest BCUT2D eigenvalue weighted by molar-refractivity contribution is 5.99. The number of amides is 1. The molecule has 21 heavy (non-hydrogen) atoms. The first-order valence-corrected chi connectivity index (χ1v) is 7.06. The number of hydrazone groups is 1. The zero-order chi connectivity index (χ0) is 16.2. The molecule has 0 spiro atoms. The van der Waals surface area contributed by atoms with Gasteiger partial charge in [-0.3, -0.25) is 4.79 Å². The molecule has 0 radical (unpaired) electrons. The van der Waals surface area contributed by atoms with Crippen molar-refractivity contribution >= 4 is 11.6 Å². The van der Waals surface area contributed by atoms with Crippen LogP contribution in [0, 0.1) is 11.8 Å². The molecule has 0 aliphatic heterocycles. The van der Waals surface area contributed by atoms with Crippen LogP contribution in [0.5, 0.6) is 5.75 Å². The van der Waals surface area contributed by atoms with E-state index in [9.17, 15) is 15.0 Å². The molecule has 0 saturated heterocycles. The molecular formula is C16H24N2O3. The molecule has 0 saturated carbocycles. The first kappa shape index (κ1) is 17.2. The lowest BCUT2D eigenvalue weighted by atomic mass is 9.80. The summed E-state index contributed by atoms with van der Waals surface area (Å²) in [4.78, 5) is 12.2. The Morgan fingerprint density at radius 1 is 1.14 bits per heavy atom. The lowest BCUT2D eigenvalue weighted by Crippen LogP contribution is -2.53. The normalized spacial score (nSPS) is 12.9. The standard InChI is InChI=1S/C16H24N2O3/c1-10(2)16(21,11(3)4)15(20)18-17-12(5)13-6-8-14(19)9-7-13/h6-11,19,21H,1-5H3,(H,18,20)/b17-12+. The lowest BCUT2D eigenvalue weighted by molar-refractivity contribution is -0.150. The molecule has 1 aromatic rings. The van der Waals surface area contributed by atoms with Gasteiger partial charge in [-0.25, -0.2) is 5.43 Å². The van der Waals surface area contributed by atoms with Gasteiger partial charge in [0.05, 0.1) is 5.71 Å². The third-order valence-corrected chi connectivity index (χ3v) is 3.73. The first-order chi connectivity index (χ1) is 9.69. The third-order valence-electron chi connectivity index (χ3n) is 3.73. The van der Waals surface area contributed by atoms with Crippen LogP contribution in [0.15, 0.2) is 29.4 Å². The Hall–Kier alpha value is -1.88. The van der Waals surface area contributed by atoms with Crippen LogP contribution in [0.1, 0.15) is 40.2 Å². The van der Waals surface area contributed by atoms with E-state index in [-0.39, 0.29) is 17.6 Å². The van der Waals surface area contributed by atoms with Gasteiger partial charge in [0.1, 0.15) is 11.4 Å². The van der Waals surface area contributed by atoms with Crippen molar-refractivity contribution in [1.29, 1.82) is 0 Å². The molecule has 5 heteroatoms. The molecular weight excluding hydrogens is 268 g/mol. The Morgan fingerprint density at radius 3 is 2.05 bits per heavy atom. The monoisotopic (exact) mass is 292 g/mol. The van der Waals surface area contributed by atoms with E-state index in [0.717, 1.165) is 5.56 Å². The molecule has 0 aliphatic carbocycles. The minimum atomic E-state index is -1.46. The molecule has 0 unspecified atom stereocenters. The van der Waals surface area contributed by atoms with Crippen molar-refractivity contribution in [3.8, 4) is 5.75 Å². The highest BCUT2D eigenvalue weighted by atomic mass is 16.3. The summed E-state index contributed by atoms with van der Waals surface area (Å²) in [6.45, 7) is 8.95. The van der Waals surface area contributed by atoms with E-state index in [1.807, 2.05) is 0 Å². The van der Waals surface area contributed by atoms with Gasteiger partial charge in [-0.1, -0.05) is 27.7 Å². The molecule has 1 aromatic carbocycles. The van der Waals surface area contributed by atoms with Crippen LogP contribution in [0.2, 0.25) is 0 Å². The van der Waals surface area contributed by atoms with Crippen molar-refractivity contribution in [3.63, 3.8) is 0 Å². The number of hydrogen-bond donors (Lipinski definition) is 3. The van der Waals surface area contributed by atoms with E-state index in [1.165, 1.54) is 0 Å². The molecule has 0 heterocycles. The molecule has 0 aromatic heterocycles. The predicted molar refractivity (Wildman–Crippen MR) is 83.1 cm³/mol. The van der Waals surface area contributed by atoms with Gasteiger partial charge in [0.15, 0.2) is 0 Å². The average Bonchev–Trinajstić information content (AvgIpc) is 2.43. The summed E-state index contributed by atoms with van der Waals surface area (Å²) in [7, 11) is 0. The van der Waals surface area contributed by atoms with Gasteiger partial charge >= 0.3 is 0 Å². The van der Waals surface area contributed by atoms with Gasteiger partial charge < -0.3 is 10.2 Å². The molecule has 5 nitrogen and oxygen atoms in total. The van der Waals surface area contributed by atoms with E-state index >= 15 is 0 Å². The maximum atomic E-state index is 12.2. The number of carbonyl (C=O) groups is 1. The number of nitrogens with zero attached hydrogens (tertiary/aromatic N) is 1. The van der Waals surface area contributed by atoms with Crippen molar-refractivity contribution in [2.24, 2.45) is 16.9 Å². The van der Waals surface area contributed by atoms with E-state index < -0.39 is 11.5 Å². The maximum Gasteiger partial charge on any atom is 0.272 e. The first-order valence-electron chi connectivity index (χ1n) is 7.06. The second kappa shape index (κ2) is 6.72. The van der Waals surface area contributed by atoms with Crippen LogP contribution >= 0.6 is 0 Å². The SMILES string of the molecule is C/C(=N\NC(=O)C(O)(C(C)C)C(C)C)c1ccc(O)cc1. The number of nitrogens with one attached hydrogen (secondary N) is 1. The van der Waals surface area contributed by atoms with E-state index in [4.69, 9.17) is 0 Å². The zero-order valence-electron chi connectivity index (χ0n) is 13.2. The van der Waals surface area contributed by atoms with E-state index in [2.05, 4.69) is 10.5 Å². The largest absolute Gasteiger partial charge is 0.508 e. The summed E-state index contributed by atoms with van der Waals surface area (Å²) in [5, 5.41) is 23.8. The van der Waals surface area contributed by atoms with Crippen LogP contribution in [-0.2, 0) is 4.79 Å². The van der Waals surface area contributed by atoms with Crippen LogP contribution in [0.3, 0.4) is 0 Å². The summed E-state index contributed by atoms with van der Waals surface area (Å²) in [6, 6.07) is 6.51. The number of carbonyl (C=O) groups excluding carboxylic acids is 1. The topological polar surface area (TPSA) is 81.9 Å². The summed E-state index contributed by atoms with van der Waals surface area (Å²) < 4.78 is 0. The predicted octanol–water partition coefficient (Wildman–Crippen LogP) is 2.28. The minimum absolute atomic E-state index is 0.171. The zero-order valence-corrected chi connectivity index (χ0v) is 13.2. The van der Waals surface area contributed by atoms with Crippen LogP contribution < -0.4 is 5.43 Å². The number of benzene rings is 1. The molecule has 1 amide bonds. The molecule has 0 bridgehead atoms. The smallest absolute Gasteiger partial charge is 0.272 e. The highest BCUT2D eigenvalue weighted by Crippen LogP contribution is 2.26. The highest BCUT2D eigenvalue weighted by Gasteiger charge is 2.42. The summed E-state index contributed by atoms with van der Waals surface area (Å²) >= 11 is 0. The molecule has 1 rings (SSSR count). The van der Waals surface area contributed by atoms with Gasteiger partial charge in [0.2, 0.25) is 0 Å². The lowest BCUT2D eigenvalue weighted by Gasteiger charge is -2.33. The van der Waals surface area contributed by atoms with Crippen molar-refractivity contribution in [1.82, 2.24) is 5.43 Å². The molecule has 0 fully saturated rings. The number of rotatable bonds is 5. The molecule has 3 N–H and O–H groups in total. The Kier molecular flexibility index (Phi) is 5.49. The molecule has 0 atom stereocenters. The summed E-state index contributed by atoms with van der Waals surface area (Å²) in [6.07, 6.45) is 0. The van der Waals surface area contributed by atoms with Crippen LogP contribution in [0.4, 0.5) is 0 Å². The second-order valence-electron chi connectivity index (χ2n) is 5.82. The van der Waals surface area contributed by atoms with Crippen molar-refractivity contribution in [3.05, 3.63) is 29.8 Å². The molecule has 0 aliphatic rings. The number of phenolic OH excluding ortho intramolecular Hbond substituents is 1.